The van der Waals surface area contributed by atoms with Crippen molar-refractivity contribution in [1.29, 1.82) is 0 Å². The Bertz CT molecular complexity index is 1150. The Morgan fingerprint density at radius 2 is 1.68 bits per heavy atom. The normalized spacial score (nSPS) is 18.8. The number of carbonyl (C=O) groups excluding carboxylic acids is 2. The Morgan fingerprint density at radius 3 is 2.19 bits per heavy atom. The maximum atomic E-state index is 14.2. The molecule has 8 heteroatoms. The highest BCUT2D eigenvalue weighted by Crippen LogP contribution is 2.54. The third-order valence-corrected chi connectivity index (χ3v) is 8.33. The number of rotatable bonds is 5. The molecule has 2 aromatic carbocycles. The molecule has 0 aromatic heterocycles. The van der Waals surface area contributed by atoms with Crippen molar-refractivity contribution >= 4 is 23.4 Å². The first-order valence-corrected chi connectivity index (χ1v) is 13.4. The molecule has 0 radical (unpaired) electrons. The van der Waals surface area contributed by atoms with Gasteiger partial charge in [0.25, 0.3) is 5.91 Å². The van der Waals surface area contributed by atoms with Crippen LogP contribution >= 0.6 is 11.6 Å². The third-order valence-electron chi connectivity index (χ3n) is 8.02. The van der Waals surface area contributed by atoms with E-state index in [2.05, 4.69) is 0 Å². The van der Waals surface area contributed by atoms with Gasteiger partial charge in [0.05, 0.1) is 22.6 Å². The molecule has 5 rings (SSSR count). The zero-order chi connectivity index (χ0) is 26.8. The van der Waals surface area contributed by atoms with E-state index in [-0.39, 0.29) is 17.4 Å². The summed E-state index contributed by atoms with van der Waals surface area (Å²) in [6, 6.07) is 8.56. The largest absolute Gasteiger partial charge is 0.494 e. The molecule has 0 atom stereocenters. The number of nitrogens with zero attached hydrogens (tertiary/aromatic N) is 2. The summed E-state index contributed by atoms with van der Waals surface area (Å²) in [5.41, 5.74) is 0.439. The summed E-state index contributed by atoms with van der Waals surface area (Å²) < 4.78 is 33.0. The quantitative estimate of drug-likeness (QED) is 0.458. The van der Waals surface area contributed by atoms with Crippen molar-refractivity contribution in [2.45, 2.75) is 57.3 Å². The minimum Gasteiger partial charge on any atom is -0.494 e. The van der Waals surface area contributed by atoms with E-state index in [0.717, 1.165) is 44.5 Å². The molecule has 0 bridgehead atoms. The van der Waals surface area contributed by atoms with Gasteiger partial charge in [0.2, 0.25) is 5.91 Å². The van der Waals surface area contributed by atoms with Gasteiger partial charge in [-0.2, -0.15) is 0 Å². The number of halogens is 3. The van der Waals surface area contributed by atoms with Gasteiger partial charge in [0, 0.05) is 32.7 Å². The summed E-state index contributed by atoms with van der Waals surface area (Å²) in [6.45, 7) is 4.03. The number of benzene rings is 2. The number of hydrogen-bond donors (Lipinski definition) is 0. The molecule has 2 aliphatic carbocycles. The molecule has 37 heavy (non-hydrogen) atoms. The molecule has 2 amide bonds. The van der Waals surface area contributed by atoms with E-state index in [1.807, 2.05) is 11.8 Å². The van der Waals surface area contributed by atoms with Crippen LogP contribution in [0.1, 0.15) is 67.8 Å². The van der Waals surface area contributed by atoms with E-state index in [0.29, 0.717) is 41.2 Å². The van der Waals surface area contributed by atoms with Crippen LogP contribution in [-0.2, 0) is 10.2 Å². The van der Waals surface area contributed by atoms with Gasteiger partial charge in [-0.05, 0) is 87.3 Å². The van der Waals surface area contributed by atoms with Crippen molar-refractivity contribution < 1.29 is 23.1 Å². The average molecular weight is 533 g/mol. The third kappa shape index (κ3) is 5.77. The molecule has 3 fully saturated rings. The van der Waals surface area contributed by atoms with Crippen LogP contribution in [-0.4, -0.2) is 55.4 Å². The standard InChI is InChI=1S/C18H21F2NO.C11H14ClNO2/c19-13-2-3-15(20)14(12-13)18(4-1-5-18)16(22)21-10-8-17(6-7-17)9-11-21;1-4-15-8-5-6-9(10(12)7-8)11(14)13(2)3/h2-3,12H,1,4-11H2;5-7H,4H2,1-3H3. The van der Waals surface area contributed by atoms with Gasteiger partial charge in [-0.25, -0.2) is 8.78 Å². The fourth-order valence-corrected chi connectivity index (χ4v) is 5.57. The van der Waals surface area contributed by atoms with Crippen LogP contribution in [0.2, 0.25) is 5.02 Å². The van der Waals surface area contributed by atoms with Crippen LogP contribution in [0.4, 0.5) is 8.78 Å². The van der Waals surface area contributed by atoms with Gasteiger partial charge >= 0.3 is 0 Å². The maximum Gasteiger partial charge on any atom is 0.254 e. The van der Waals surface area contributed by atoms with Crippen LogP contribution in [0.3, 0.4) is 0 Å². The maximum absolute atomic E-state index is 14.2. The highest BCUT2D eigenvalue weighted by Gasteiger charge is 2.52. The minimum absolute atomic E-state index is 0.0127. The Morgan fingerprint density at radius 1 is 1.00 bits per heavy atom. The predicted molar refractivity (Wildman–Crippen MR) is 140 cm³/mol. The zero-order valence-electron chi connectivity index (χ0n) is 21.8. The first-order chi connectivity index (χ1) is 17.6. The fraction of sp³-hybridized carbons (Fsp3) is 0.517. The molecule has 200 valence electrons. The van der Waals surface area contributed by atoms with Gasteiger partial charge in [0.1, 0.15) is 17.4 Å². The SMILES string of the molecule is CCOc1ccc(C(=O)N(C)C)c(Cl)c1.O=C(N1CCC2(CC1)CC2)C1(c2cc(F)ccc2F)CCC1. The number of likely N-dealkylation sites (tertiary alicyclic amines) is 1. The molecule has 5 nitrogen and oxygen atoms in total. The molecule has 2 saturated carbocycles. The van der Waals surface area contributed by atoms with E-state index in [1.54, 1.807) is 32.3 Å². The topological polar surface area (TPSA) is 49.9 Å². The number of carbonyl (C=O) groups is 2. The van der Waals surface area contributed by atoms with Crippen LogP contribution in [0.15, 0.2) is 36.4 Å². The van der Waals surface area contributed by atoms with Gasteiger partial charge in [0.15, 0.2) is 0 Å². The van der Waals surface area contributed by atoms with E-state index >= 15 is 0 Å². The summed E-state index contributed by atoms with van der Waals surface area (Å²) in [6.07, 6.45) is 6.89. The number of piperidine rings is 1. The second-order valence-corrected chi connectivity index (χ2v) is 11.0. The minimum atomic E-state index is -0.819. The van der Waals surface area contributed by atoms with Crippen LogP contribution < -0.4 is 4.74 Å². The molecular formula is C29H35ClF2N2O3. The fourth-order valence-electron chi connectivity index (χ4n) is 5.32. The summed E-state index contributed by atoms with van der Waals surface area (Å²) in [5, 5.41) is 0.416. The Labute approximate surface area is 222 Å². The molecule has 2 aromatic rings. The number of hydrogen-bond acceptors (Lipinski definition) is 3. The van der Waals surface area contributed by atoms with Crippen LogP contribution in [0.5, 0.6) is 5.75 Å². The van der Waals surface area contributed by atoms with Crippen molar-refractivity contribution in [3.63, 3.8) is 0 Å². The molecule has 1 aliphatic heterocycles. The van der Waals surface area contributed by atoms with Gasteiger partial charge in [-0.15, -0.1) is 0 Å². The van der Waals surface area contributed by atoms with Gasteiger partial charge in [-0.3, -0.25) is 9.59 Å². The van der Waals surface area contributed by atoms with Crippen molar-refractivity contribution in [3.05, 3.63) is 64.2 Å². The predicted octanol–water partition coefficient (Wildman–Crippen LogP) is 6.23. The summed E-state index contributed by atoms with van der Waals surface area (Å²) in [5.74, 6) is -0.337. The Balaban J connectivity index is 0.000000188. The zero-order valence-corrected chi connectivity index (χ0v) is 22.5. The molecular weight excluding hydrogens is 498 g/mol. The molecule has 0 unspecified atom stereocenters. The lowest BCUT2D eigenvalue weighted by Gasteiger charge is -2.45. The van der Waals surface area contributed by atoms with Gasteiger partial charge in [-0.1, -0.05) is 18.0 Å². The van der Waals surface area contributed by atoms with Crippen LogP contribution in [0, 0.1) is 17.0 Å². The smallest absolute Gasteiger partial charge is 0.254 e. The number of amides is 2. The lowest BCUT2D eigenvalue weighted by atomic mass is 9.63. The summed E-state index contributed by atoms with van der Waals surface area (Å²) in [7, 11) is 3.38. The lowest BCUT2D eigenvalue weighted by molar-refractivity contribution is -0.142. The van der Waals surface area contributed by atoms with Crippen molar-refractivity contribution in [2.75, 3.05) is 33.8 Å². The summed E-state index contributed by atoms with van der Waals surface area (Å²) >= 11 is 5.98. The van der Waals surface area contributed by atoms with Crippen molar-refractivity contribution in [1.82, 2.24) is 9.80 Å². The monoisotopic (exact) mass is 532 g/mol. The first kappa shape index (κ1) is 27.4. The highest BCUT2D eigenvalue weighted by atomic mass is 35.5. The van der Waals surface area contributed by atoms with E-state index in [9.17, 15) is 18.4 Å². The van der Waals surface area contributed by atoms with Crippen molar-refractivity contribution in [2.24, 2.45) is 5.41 Å². The Hall–Kier alpha value is -2.67. The van der Waals surface area contributed by atoms with Gasteiger partial charge < -0.3 is 14.5 Å². The summed E-state index contributed by atoms with van der Waals surface area (Å²) in [4.78, 5) is 28.1. The second-order valence-electron chi connectivity index (χ2n) is 10.6. The first-order valence-electron chi connectivity index (χ1n) is 13.0. The molecule has 3 aliphatic rings. The highest BCUT2D eigenvalue weighted by molar-refractivity contribution is 6.34. The molecule has 1 spiro atoms. The Kier molecular flexibility index (Phi) is 8.12. The van der Waals surface area contributed by atoms with E-state index in [1.165, 1.54) is 23.8 Å². The van der Waals surface area contributed by atoms with E-state index < -0.39 is 17.0 Å². The second kappa shape index (κ2) is 11.0. The molecule has 1 heterocycles. The van der Waals surface area contributed by atoms with E-state index in [4.69, 9.17) is 16.3 Å². The van der Waals surface area contributed by atoms with Crippen LogP contribution in [0.25, 0.3) is 0 Å². The van der Waals surface area contributed by atoms with Crippen molar-refractivity contribution in [3.8, 4) is 5.75 Å². The average Bonchev–Trinajstić information content (AvgIpc) is 3.60. The lowest BCUT2D eigenvalue weighted by Crippen LogP contribution is -2.53. The molecule has 1 saturated heterocycles. The number of ether oxygens (including phenoxy) is 1. The molecule has 0 N–H and O–H groups in total.